The van der Waals surface area contributed by atoms with Gasteiger partial charge in [0.2, 0.25) is 0 Å². The zero-order valence-electron chi connectivity index (χ0n) is 19.4. The van der Waals surface area contributed by atoms with Crippen LogP contribution in [0.2, 0.25) is 0 Å². The van der Waals surface area contributed by atoms with E-state index in [0.717, 1.165) is 0 Å². The number of hydrogen-bond donors (Lipinski definition) is 0. The Morgan fingerprint density at radius 2 is 0.194 bits per heavy atom. The van der Waals surface area contributed by atoms with Gasteiger partial charge in [0.25, 0.3) is 0 Å². The summed E-state index contributed by atoms with van der Waals surface area (Å²) in [5, 5.41) is 75.8. The average molecular weight is 563 g/mol. The van der Waals surface area contributed by atoms with Crippen LogP contribution in [-0.2, 0) is 0 Å². The molecule has 0 heterocycles. The molecule has 31 heteroatoms. The van der Waals surface area contributed by atoms with Crippen LogP contribution in [0, 0.1) is 0 Å². The Morgan fingerprint density at radius 1 is 0.194 bits per heavy atom. The number of rotatable bonds is 0. The molecule has 0 rings (SSSR count). The van der Waals surface area contributed by atoms with Crippen LogP contribution in [0.4, 0.5) is 0 Å². The molecule has 20 N–H and O–H groups in total. The molecule has 0 aromatic carbocycles. The van der Waals surface area contributed by atoms with Crippen LogP contribution in [0.25, 0.3) is 0 Å². The van der Waals surface area contributed by atoms with Crippen LogP contribution in [0.15, 0.2) is 0 Å². The minimum atomic E-state index is -2.92. The number of hydrogen-bond acceptors (Lipinski definition) is 9. The summed E-state index contributed by atoms with van der Waals surface area (Å²) in [5.74, 6) is 0. The summed E-state index contributed by atoms with van der Waals surface area (Å²) in [6.45, 7) is 0. The van der Waals surface area contributed by atoms with Crippen LogP contribution >= 0.6 is 0 Å². The topological polar surface area (TPSA) is 523 Å². The Hall–Kier alpha value is 8.43. The monoisotopic (exact) mass is 564 g/mol. The molecule has 0 radical (unpaired) electrons. The molecule has 0 aliphatic carbocycles. The van der Waals surface area contributed by atoms with Gasteiger partial charge in [-0.05, 0) is 0 Å². The minimum absolute atomic E-state index is 0. The average Bonchev–Trinajstić information content (AvgIpc) is 1.54. The first-order chi connectivity index (χ1) is 5.20. The zero-order chi connectivity index (χ0) is 10.7. The van der Waals surface area contributed by atoms with Gasteiger partial charge in [0.1, 0.15) is 0 Å². The molecule has 0 spiro atoms. The second kappa shape index (κ2) is 177. The Morgan fingerprint density at radius 3 is 0.194 bits per heavy atom. The van der Waals surface area contributed by atoms with E-state index in [-0.39, 0.29) is 321 Å². The van der Waals surface area contributed by atoms with E-state index in [1.807, 2.05) is 0 Å². The molecule has 0 atom stereocenters. The first kappa shape index (κ1) is 192. The van der Waals surface area contributed by atoms with Crippen LogP contribution in [-0.4, -0.2) is 76.7 Å². The van der Waals surface area contributed by atoms with E-state index in [9.17, 15) is 0 Å². The van der Waals surface area contributed by atoms with Crippen molar-refractivity contribution in [2.45, 2.75) is 0 Å². The second-order valence-electron chi connectivity index (χ2n) is 0.866. The van der Waals surface area contributed by atoms with Crippen molar-refractivity contribution in [1.82, 2.24) is 0 Å². The maximum absolute atomic E-state index is 8.42. The van der Waals surface area contributed by atoms with Gasteiger partial charge in [0.15, 0.2) is 0 Å². The van der Waals surface area contributed by atoms with Gasteiger partial charge in [0.05, 0.1) is 0 Å². The van der Waals surface area contributed by atoms with Crippen molar-refractivity contribution in [2.24, 2.45) is 0 Å². The SMILES string of the molecule is O.O.O.O.O.O.O.O.O.O.[Na+].[Na+].[Na+].[Na+].[Na+].[Na+].[Na+].[Na+].[Na+].[O-]B([O-])[O-].[O-]B([O-])[O-].[O-]B([O-])[O-]. The fourth-order valence-corrected chi connectivity index (χ4v) is 0. The minimum Gasteiger partial charge on any atom is -0.907 e. The molecular weight excluding hydrogens is 543 g/mol. The normalized spacial score (nSPS) is 2.61. The van der Waals surface area contributed by atoms with E-state index in [4.69, 9.17) is 45.2 Å². The summed E-state index contributed by atoms with van der Waals surface area (Å²) in [6.07, 6.45) is 0. The third-order valence-electron chi connectivity index (χ3n) is 0. The van der Waals surface area contributed by atoms with Crippen LogP contribution in [0.5, 0.6) is 0 Å². The Kier molecular flexibility index (Phi) is 1100. The van der Waals surface area contributed by atoms with E-state index in [2.05, 4.69) is 0 Å². The molecule has 0 aromatic heterocycles. The molecule has 0 unspecified atom stereocenters. The fraction of sp³-hybridized carbons (Fsp3) is 0. The van der Waals surface area contributed by atoms with Gasteiger partial charge >= 0.3 is 266 Å². The van der Waals surface area contributed by atoms with Gasteiger partial charge < -0.3 is 100.0 Å². The van der Waals surface area contributed by atoms with E-state index in [0.29, 0.717) is 0 Å². The molecule has 0 aromatic rings. The van der Waals surface area contributed by atoms with E-state index >= 15 is 0 Å². The van der Waals surface area contributed by atoms with Crippen molar-refractivity contribution in [2.75, 3.05) is 0 Å². The largest absolute Gasteiger partial charge is 1.00 e. The van der Waals surface area contributed by atoms with Crippen LogP contribution < -0.4 is 311 Å². The first-order valence-corrected chi connectivity index (χ1v) is 2.12. The molecule has 0 saturated carbocycles. The summed E-state index contributed by atoms with van der Waals surface area (Å²) >= 11 is 0. The molecule has 31 heavy (non-hydrogen) atoms. The van der Waals surface area contributed by atoms with Crippen molar-refractivity contribution in [3.63, 3.8) is 0 Å². The van der Waals surface area contributed by atoms with E-state index in [1.54, 1.807) is 0 Å². The summed E-state index contributed by atoms with van der Waals surface area (Å²) in [4.78, 5) is 0. The van der Waals surface area contributed by atoms with Gasteiger partial charge in [-0.15, -0.1) is 0 Å². The van der Waals surface area contributed by atoms with Crippen LogP contribution in [0.3, 0.4) is 0 Å². The smallest absolute Gasteiger partial charge is 0.907 e. The standard InChI is InChI=1S/3BO3.9Na.10H2O/c3*2-1(3)4;;;;;;;;;;;;;;;;;;;/h;;;;;;;;;;;;10*1H2/q3*-3;9*+1;;;;;;;;;;. The van der Waals surface area contributed by atoms with Crippen molar-refractivity contribution < 1.29 is 366 Å². The van der Waals surface area contributed by atoms with Crippen molar-refractivity contribution in [3.8, 4) is 0 Å². The van der Waals surface area contributed by atoms with Crippen molar-refractivity contribution >= 4 is 22.0 Å². The van der Waals surface area contributed by atoms with Gasteiger partial charge in [0, 0.05) is 0 Å². The maximum atomic E-state index is 8.42. The summed E-state index contributed by atoms with van der Waals surface area (Å²) < 4.78 is 0. The fourth-order valence-electron chi connectivity index (χ4n) is 0. The van der Waals surface area contributed by atoms with Crippen molar-refractivity contribution in [1.29, 1.82) is 0 Å². The third-order valence-corrected chi connectivity index (χ3v) is 0. The first-order valence-electron chi connectivity index (χ1n) is 2.12. The summed E-state index contributed by atoms with van der Waals surface area (Å²) in [7, 11) is -8.75. The molecule has 19 nitrogen and oxygen atoms in total. The Balaban J connectivity index is -0.00000000150. The van der Waals surface area contributed by atoms with Gasteiger partial charge in [-0.25, -0.2) is 0 Å². The summed E-state index contributed by atoms with van der Waals surface area (Å²) in [6, 6.07) is 0. The molecular formula is H20B3Na9O19. The predicted octanol–water partition coefficient (Wildman–Crippen LogP) is -47.1. The van der Waals surface area contributed by atoms with E-state index < -0.39 is 22.0 Å². The molecule has 152 valence electrons. The molecule has 0 aliphatic heterocycles. The van der Waals surface area contributed by atoms with Crippen molar-refractivity contribution in [3.05, 3.63) is 0 Å². The second-order valence-corrected chi connectivity index (χ2v) is 0.866. The molecule has 0 bridgehead atoms. The molecule has 0 saturated heterocycles. The predicted molar refractivity (Wildman–Crippen MR) is 53.4 cm³/mol. The maximum Gasteiger partial charge on any atom is 1.00 e. The molecule has 0 amide bonds. The van der Waals surface area contributed by atoms with Crippen LogP contribution in [0.1, 0.15) is 0 Å². The molecule has 0 fully saturated rings. The zero-order valence-corrected chi connectivity index (χ0v) is 37.4. The Labute approximate surface area is 379 Å². The van der Waals surface area contributed by atoms with Gasteiger partial charge in [-0.2, -0.15) is 0 Å². The molecule has 0 aliphatic rings. The quantitative estimate of drug-likeness (QED) is 0.252. The third kappa shape index (κ3) is 717. The van der Waals surface area contributed by atoms with E-state index in [1.165, 1.54) is 0 Å². The van der Waals surface area contributed by atoms with Gasteiger partial charge in [-0.1, -0.05) is 0 Å². The Bertz CT molecular complexity index is 68.1. The summed E-state index contributed by atoms with van der Waals surface area (Å²) in [5.41, 5.74) is 0. The van der Waals surface area contributed by atoms with Gasteiger partial charge in [-0.3, -0.25) is 22.0 Å².